The van der Waals surface area contributed by atoms with E-state index in [4.69, 9.17) is 0 Å². The van der Waals surface area contributed by atoms with Gasteiger partial charge in [-0.05, 0) is 18.2 Å². The molecule has 1 aliphatic rings. The average Bonchev–Trinajstić information content (AvgIpc) is 2.91. The molecule has 18 heavy (non-hydrogen) atoms. The molecule has 0 amide bonds. The van der Waals surface area contributed by atoms with Crippen molar-refractivity contribution < 1.29 is 13.6 Å². The van der Waals surface area contributed by atoms with Gasteiger partial charge in [0.05, 0.1) is 0 Å². The topological polar surface area (TPSA) is 34.9 Å². The quantitative estimate of drug-likeness (QED) is 0.784. The number of thioether (sulfide) groups is 1. The molecule has 0 bridgehead atoms. The van der Waals surface area contributed by atoms with Crippen LogP contribution < -0.4 is 0 Å². The maximum Gasteiger partial charge on any atom is 0.169 e. The number of carbonyl (C=O) groups is 1. The molecule has 0 radical (unpaired) electrons. The molecule has 0 atom stereocenters. The van der Waals surface area contributed by atoms with Gasteiger partial charge in [-0.15, -0.1) is 0 Å². The Balaban J connectivity index is 2.23. The van der Waals surface area contributed by atoms with Gasteiger partial charge < -0.3 is 4.57 Å². The Kier molecular flexibility index (Phi) is 2.66. The van der Waals surface area contributed by atoms with Crippen molar-refractivity contribution in [3.05, 3.63) is 35.5 Å². The summed E-state index contributed by atoms with van der Waals surface area (Å²) in [6.45, 7) is 0.665. The molecule has 2 heterocycles. The first kappa shape index (κ1) is 11.4. The first-order valence-corrected chi connectivity index (χ1v) is 6.33. The zero-order valence-corrected chi connectivity index (χ0v) is 10.0. The maximum absolute atomic E-state index is 13.7. The standard InChI is InChI=1S/C12H8F2N2OS/c13-7-1-2-9(14)8(5-7)11-10(6-17)16-3-4-18-12(16)15-11/h1-2,5-6H,3-4H2. The number of aldehydes is 1. The van der Waals surface area contributed by atoms with Crippen molar-refractivity contribution in [3.63, 3.8) is 0 Å². The molecule has 1 aliphatic heterocycles. The highest BCUT2D eigenvalue weighted by atomic mass is 32.2. The van der Waals surface area contributed by atoms with E-state index in [1.807, 2.05) is 0 Å². The molecule has 0 saturated carbocycles. The van der Waals surface area contributed by atoms with E-state index < -0.39 is 11.6 Å². The van der Waals surface area contributed by atoms with E-state index in [1.165, 1.54) is 11.8 Å². The highest BCUT2D eigenvalue weighted by Gasteiger charge is 2.23. The summed E-state index contributed by atoms with van der Waals surface area (Å²) in [7, 11) is 0. The number of aromatic nitrogens is 2. The Morgan fingerprint density at radius 2 is 2.22 bits per heavy atom. The summed E-state index contributed by atoms with van der Waals surface area (Å²) in [6, 6.07) is 3.14. The van der Waals surface area contributed by atoms with Crippen molar-refractivity contribution in [1.29, 1.82) is 0 Å². The Bertz CT molecular complexity index is 639. The number of benzene rings is 1. The van der Waals surface area contributed by atoms with Crippen LogP contribution in [0.4, 0.5) is 8.78 Å². The average molecular weight is 266 g/mol. The van der Waals surface area contributed by atoms with E-state index in [0.29, 0.717) is 23.7 Å². The molecule has 3 rings (SSSR count). The third kappa shape index (κ3) is 1.64. The molecule has 3 nitrogen and oxygen atoms in total. The second-order valence-corrected chi connectivity index (χ2v) is 4.93. The molecule has 6 heteroatoms. The Morgan fingerprint density at radius 3 is 3.00 bits per heavy atom. The Morgan fingerprint density at radius 1 is 1.39 bits per heavy atom. The minimum atomic E-state index is -0.582. The van der Waals surface area contributed by atoms with Gasteiger partial charge in [-0.1, -0.05) is 11.8 Å². The van der Waals surface area contributed by atoms with Gasteiger partial charge in [0.15, 0.2) is 11.4 Å². The number of hydrogen-bond acceptors (Lipinski definition) is 3. The molecule has 2 aromatic rings. The summed E-state index contributed by atoms with van der Waals surface area (Å²) in [5.74, 6) is -0.292. The van der Waals surface area contributed by atoms with E-state index in [9.17, 15) is 13.6 Å². The first-order valence-electron chi connectivity index (χ1n) is 5.34. The fraction of sp³-hybridized carbons (Fsp3) is 0.167. The summed E-state index contributed by atoms with van der Waals surface area (Å²) in [5, 5.41) is 0.677. The molecule has 1 aromatic heterocycles. The molecule has 0 fully saturated rings. The SMILES string of the molecule is O=Cc1c(-c2cc(F)ccc2F)nc2n1CCS2. The molecule has 0 saturated heterocycles. The molecule has 0 N–H and O–H groups in total. The van der Waals surface area contributed by atoms with E-state index in [0.717, 1.165) is 24.0 Å². The summed E-state index contributed by atoms with van der Waals surface area (Å²) >= 11 is 1.50. The van der Waals surface area contributed by atoms with Crippen molar-refractivity contribution in [2.24, 2.45) is 0 Å². The van der Waals surface area contributed by atoms with Crippen LogP contribution in [0.5, 0.6) is 0 Å². The second-order valence-electron chi connectivity index (χ2n) is 3.87. The number of carbonyl (C=O) groups excluding carboxylic acids is 1. The van der Waals surface area contributed by atoms with Crippen LogP contribution in [0.15, 0.2) is 23.4 Å². The molecular formula is C12H8F2N2OS. The Hall–Kier alpha value is -1.69. The van der Waals surface area contributed by atoms with Gasteiger partial charge >= 0.3 is 0 Å². The fourth-order valence-electron chi connectivity index (χ4n) is 2.00. The number of halogens is 2. The van der Waals surface area contributed by atoms with Crippen LogP contribution in [0, 0.1) is 11.6 Å². The number of imidazole rings is 1. The highest BCUT2D eigenvalue weighted by Crippen LogP contribution is 2.33. The lowest BCUT2D eigenvalue weighted by Crippen LogP contribution is -2.00. The predicted molar refractivity (Wildman–Crippen MR) is 63.7 cm³/mol. The molecular weight excluding hydrogens is 258 g/mol. The lowest BCUT2D eigenvalue weighted by atomic mass is 10.1. The minimum absolute atomic E-state index is 0.0274. The normalized spacial score (nSPS) is 13.7. The molecule has 0 unspecified atom stereocenters. The smallest absolute Gasteiger partial charge is 0.169 e. The van der Waals surface area contributed by atoms with Crippen molar-refractivity contribution in [2.45, 2.75) is 11.7 Å². The molecule has 1 aromatic carbocycles. The molecule has 0 aliphatic carbocycles. The van der Waals surface area contributed by atoms with Crippen LogP contribution in [0.25, 0.3) is 11.3 Å². The number of nitrogens with zero attached hydrogens (tertiary/aromatic N) is 2. The van der Waals surface area contributed by atoms with Crippen molar-refractivity contribution in [1.82, 2.24) is 9.55 Å². The second kappa shape index (κ2) is 4.20. The monoisotopic (exact) mass is 266 g/mol. The third-order valence-electron chi connectivity index (χ3n) is 2.81. The van der Waals surface area contributed by atoms with Gasteiger partial charge in [0.2, 0.25) is 0 Å². The number of fused-ring (bicyclic) bond motifs is 1. The van der Waals surface area contributed by atoms with Gasteiger partial charge in [0.25, 0.3) is 0 Å². The zero-order chi connectivity index (χ0) is 12.7. The highest BCUT2D eigenvalue weighted by molar-refractivity contribution is 7.99. The van der Waals surface area contributed by atoms with Crippen LogP contribution in [0.3, 0.4) is 0 Å². The fourth-order valence-corrected chi connectivity index (χ4v) is 2.95. The van der Waals surface area contributed by atoms with Crippen LogP contribution in [-0.4, -0.2) is 21.6 Å². The lowest BCUT2D eigenvalue weighted by Gasteiger charge is -2.02. The summed E-state index contributed by atoms with van der Waals surface area (Å²) < 4.78 is 28.6. The van der Waals surface area contributed by atoms with Gasteiger partial charge in [-0.2, -0.15) is 0 Å². The van der Waals surface area contributed by atoms with Crippen LogP contribution in [-0.2, 0) is 6.54 Å². The number of hydrogen-bond donors (Lipinski definition) is 0. The van der Waals surface area contributed by atoms with Gasteiger partial charge in [0, 0.05) is 17.9 Å². The third-order valence-corrected chi connectivity index (χ3v) is 3.77. The van der Waals surface area contributed by atoms with Crippen LogP contribution in [0.2, 0.25) is 0 Å². The van der Waals surface area contributed by atoms with Gasteiger partial charge in [-0.25, -0.2) is 13.8 Å². The van der Waals surface area contributed by atoms with Gasteiger partial charge in [0.1, 0.15) is 23.0 Å². The zero-order valence-electron chi connectivity index (χ0n) is 9.19. The largest absolute Gasteiger partial charge is 0.315 e. The van der Waals surface area contributed by atoms with E-state index in [2.05, 4.69) is 4.98 Å². The van der Waals surface area contributed by atoms with Crippen LogP contribution >= 0.6 is 11.8 Å². The minimum Gasteiger partial charge on any atom is -0.315 e. The number of rotatable bonds is 2. The molecule has 0 spiro atoms. The lowest BCUT2D eigenvalue weighted by molar-refractivity contribution is 0.111. The summed E-state index contributed by atoms with van der Waals surface area (Å²) in [5.41, 5.74) is 0.545. The van der Waals surface area contributed by atoms with Crippen molar-refractivity contribution in [2.75, 3.05) is 5.75 Å². The Labute approximate surface area is 106 Å². The predicted octanol–water partition coefficient (Wildman–Crippen LogP) is 2.75. The summed E-state index contributed by atoms with van der Waals surface area (Å²) in [6.07, 6.45) is 0.641. The van der Waals surface area contributed by atoms with E-state index in [-0.39, 0.29) is 11.3 Å². The first-order chi connectivity index (χ1) is 8.70. The van der Waals surface area contributed by atoms with E-state index >= 15 is 0 Å². The van der Waals surface area contributed by atoms with E-state index in [1.54, 1.807) is 4.57 Å². The molecule has 92 valence electrons. The van der Waals surface area contributed by atoms with Crippen molar-refractivity contribution >= 4 is 18.0 Å². The van der Waals surface area contributed by atoms with Gasteiger partial charge in [-0.3, -0.25) is 4.79 Å². The summed E-state index contributed by atoms with van der Waals surface area (Å²) in [4.78, 5) is 15.4. The van der Waals surface area contributed by atoms with Crippen LogP contribution in [0.1, 0.15) is 10.5 Å². The van der Waals surface area contributed by atoms with Crippen molar-refractivity contribution in [3.8, 4) is 11.3 Å². The maximum atomic E-state index is 13.7.